The molecule has 1 fully saturated rings. The van der Waals surface area contributed by atoms with Gasteiger partial charge in [-0.15, -0.1) is 11.3 Å². The Hall–Kier alpha value is -1.89. The molecule has 1 aromatic carbocycles. The fourth-order valence-corrected chi connectivity index (χ4v) is 4.03. The first-order valence-electron chi connectivity index (χ1n) is 8.53. The molecule has 2 aromatic rings. The van der Waals surface area contributed by atoms with Crippen LogP contribution in [0.3, 0.4) is 0 Å². The van der Waals surface area contributed by atoms with E-state index in [9.17, 15) is 4.79 Å². The lowest BCUT2D eigenvalue weighted by Crippen LogP contribution is -2.44. The minimum atomic E-state index is 0.0135. The van der Waals surface area contributed by atoms with E-state index in [0.29, 0.717) is 17.8 Å². The molecule has 0 saturated carbocycles. The molecule has 1 amide bonds. The quantitative estimate of drug-likeness (QED) is 0.834. The summed E-state index contributed by atoms with van der Waals surface area (Å²) in [7, 11) is 1.87. The van der Waals surface area contributed by atoms with Crippen LogP contribution in [-0.4, -0.2) is 55.6 Å². The van der Waals surface area contributed by atoms with Gasteiger partial charge in [-0.2, -0.15) is 0 Å². The second-order valence-electron chi connectivity index (χ2n) is 6.44. The molecule has 1 unspecified atom stereocenters. The van der Waals surface area contributed by atoms with E-state index in [1.807, 2.05) is 31.0 Å². The van der Waals surface area contributed by atoms with Crippen molar-refractivity contribution in [2.24, 2.45) is 0 Å². The smallest absolute Gasteiger partial charge is 0.254 e. The number of amides is 1. The van der Waals surface area contributed by atoms with Crippen molar-refractivity contribution < 1.29 is 9.53 Å². The summed E-state index contributed by atoms with van der Waals surface area (Å²) in [5, 5.41) is 2.09. The van der Waals surface area contributed by atoms with Crippen LogP contribution in [0.15, 0.2) is 35.7 Å². The zero-order valence-corrected chi connectivity index (χ0v) is 15.6. The van der Waals surface area contributed by atoms with Crippen molar-refractivity contribution >= 4 is 22.9 Å². The molecule has 3 rings (SSSR count). The number of aryl methyl sites for hydroxylation is 1. The topological polar surface area (TPSA) is 58.8 Å². The number of nitrogen functional groups attached to an aromatic ring is 1. The second-order valence-corrected chi connectivity index (χ2v) is 7.42. The lowest BCUT2D eigenvalue weighted by atomic mass is 10.1. The standard InChI is InChI=1S/C19H25N3O2S/c1-14-5-6-15(20)12-16(14)19(23)21(2)13-17(18-4-3-11-25-18)22-7-9-24-10-8-22/h3-6,11-12,17H,7-10,13,20H2,1-2H3. The third-order valence-electron chi connectivity index (χ3n) is 4.64. The molecule has 1 aromatic heterocycles. The average molecular weight is 359 g/mol. The van der Waals surface area contributed by atoms with Gasteiger partial charge in [-0.1, -0.05) is 12.1 Å². The highest BCUT2D eigenvalue weighted by Crippen LogP contribution is 2.27. The number of hydrogen-bond donors (Lipinski definition) is 1. The van der Waals surface area contributed by atoms with E-state index in [-0.39, 0.29) is 11.9 Å². The van der Waals surface area contributed by atoms with Crippen LogP contribution < -0.4 is 5.73 Å². The Morgan fingerprint density at radius 2 is 2.12 bits per heavy atom. The van der Waals surface area contributed by atoms with Crippen LogP contribution in [0.5, 0.6) is 0 Å². The number of hydrogen-bond acceptors (Lipinski definition) is 5. The summed E-state index contributed by atoms with van der Waals surface area (Å²) in [6, 6.07) is 9.90. The molecule has 1 aliphatic heterocycles. The maximum absolute atomic E-state index is 12.9. The van der Waals surface area contributed by atoms with E-state index in [2.05, 4.69) is 22.4 Å². The van der Waals surface area contributed by atoms with Crippen molar-refractivity contribution in [1.82, 2.24) is 9.80 Å². The molecule has 6 heteroatoms. The molecule has 0 aliphatic carbocycles. The number of thiophene rings is 1. The van der Waals surface area contributed by atoms with Crippen LogP contribution in [0.2, 0.25) is 0 Å². The van der Waals surface area contributed by atoms with Crippen LogP contribution in [0, 0.1) is 6.92 Å². The van der Waals surface area contributed by atoms with Crippen LogP contribution in [0.1, 0.15) is 26.8 Å². The van der Waals surface area contributed by atoms with Crippen molar-refractivity contribution in [3.63, 3.8) is 0 Å². The molecular formula is C19H25N3O2S. The van der Waals surface area contributed by atoms with E-state index >= 15 is 0 Å². The third kappa shape index (κ3) is 4.21. The summed E-state index contributed by atoms with van der Waals surface area (Å²) in [5.74, 6) is 0.0135. The Morgan fingerprint density at radius 1 is 1.36 bits per heavy atom. The van der Waals surface area contributed by atoms with Crippen LogP contribution in [0.25, 0.3) is 0 Å². The van der Waals surface area contributed by atoms with Gasteiger partial charge in [0.05, 0.1) is 19.3 Å². The average Bonchev–Trinajstić information content (AvgIpc) is 3.16. The van der Waals surface area contributed by atoms with Crippen molar-refractivity contribution in [3.05, 3.63) is 51.7 Å². The molecule has 0 radical (unpaired) electrons. The molecule has 1 saturated heterocycles. The second kappa shape index (κ2) is 7.99. The summed E-state index contributed by atoms with van der Waals surface area (Å²) in [6.07, 6.45) is 0. The molecule has 1 aliphatic rings. The predicted molar refractivity (Wildman–Crippen MR) is 102 cm³/mol. The van der Waals surface area contributed by atoms with Gasteiger partial charge < -0.3 is 15.4 Å². The first kappa shape index (κ1) is 17.9. The lowest BCUT2D eigenvalue weighted by Gasteiger charge is -2.36. The molecule has 25 heavy (non-hydrogen) atoms. The van der Waals surface area contributed by atoms with Gasteiger partial charge in [-0.25, -0.2) is 0 Å². The number of rotatable bonds is 5. The van der Waals surface area contributed by atoms with Crippen molar-refractivity contribution in [1.29, 1.82) is 0 Å². The van der Waals surface area contributed by atoms with Gasteiger partial charge in [0, 0.05) is 42.8 Å². The van der Waals surface area contributed by atoms with Gasteiger partial charge in [0.25, 0.3) is 5.91 Å². The van der Waals surface area contributed by atoms with Gasteiger partial charge in [0.1, 0.15) is 0 Å². The first-order chi connectivity index (χ1) is 12.1. The zero-order valence-electron chi connectivity index (χ0n) is 14.8. The lowest BCUT2D eigenvalue weighted by molar-refractivity contribution is 0.0104. The minimum absolute atomic E-state index is 0.0135. The Kier molecular flexibility index (Phi) is 5.73. The van der Waals surface area contributed by atoms with E-state index in [0.717, 1.165) is 31.9 Å². The number of morpholine rings is 1. The number of benzene rings is 1. The Labute approximate surface area is 153 Å². The number of carbonyl (C=O) groups is 1. The molecule has 5 nitrogen and oxygen atoms in total. The summed E-state index contributed by atoms with van der Waals surface area (Å²) in [5.41, 5.74) is 8.11. The van der Waals surface area contributed by atoms with Gasteiger partial charge >= 0.3 is 0 Å². The van der Waals surface area contributed by atoms with E-state index in [1.54, 1.807) is 17.4 Å². The van der Waals surface area contributed by atoms with Crippen molar-refractivity contribution in [3.8, 4) is 0 Å². The van der Waals surface area contributed by atoms with Crippen LogP contribution in [0.4, 0.5) is 5.69 Å². The van der Waals surface area contributed by atoms with Crippen molar-refractivity contribution in [2.45, 2.75) is 13.0 Å². The molecule has 2 heterocycles. The molecule has 0 spiro atoms. The highest BCUT2D eigenvalue weighted by molar-refractivity contribution is 7.10. The molecule has 1 atom stereocenters. The van der Waals surface area contributed by atoms with Gasteiger partial charge in [-0.3, -0.25) is 9.69 Å². The van der Waals surface area contributed by atoms with Gasteiger partial charge in [0.15, 0.2) is 0 Å². The molecular weight excluding hydrogens is 334 g/mol. The van der Waals surface area contributed by atoms with E-state index < -0.39 is 0 Å². The normalized spacial score (nSPS) is 16.6. The monoisotopic (exact) mass is 359 g/mol. The number of likely N-dealkylation sites (N-methyl/N-ethyl adjacent to an activating group) is 1. The number of nitrogens with two attached hydrogens (primary N) is 1. The molecule has 2 N–H and O–H groups in total. The van der Waals surface area contributed by atoms with Crippen LogP contribution in [-0.2, 0) is 4.74 Å². The fraction of sp³-hybridized carbons (Fsp3) is 0.421. The fourth-order valence-electron chi connectivity index (χ4n) is 3.17. The Morgan fingerprint density at radius 3 is 2.80 bits per heavy atom. The summed E-state index contributed by atoms with van der Waals surface area (Å²) < 4.78 is 5.49. The van der Waals surface area contributed by atoms with Crippen LogP contribution >= 0.6 is 11.3 Å². The third-order valence-corrected chi connectivity index (χ3v) is 5.62. The molecule has 0 bridgehead atoms. The summed E-state index contributed by atoms with van der Waals surface area (Å²) in [4.78, 5) is 18.4. The predicted octanol–water partition coefficient (Wildman–Crippen LogP) is 2.78. The Bertz CT molecular complexity index is 711. The largest absolute Gasteiger partial charge is 0.399 e. The maximum Gasteiger partial charge on any atom is 0.254 e. The number of anilines is 1. The summed E-state index contributed by atoms with van der Waals surface area (Å²) >= 11 is 1.74. The van der Waals surface area contributed by atoms with Gasteiger partial charge in [0.2, 0.25) is 0 Å². The minimum Gasteiger partial charge on any atom is -0.399 e. The Balaban J connectivity index is 1.78. The number of nitrogens with zero attached hydrogens (tertiary/aromatic N) is 2. The van der Waals surface area contributed by atoms with E-state index in [4.69, 9.17) is 10.5 Å². The maximum atomic E-state index is 12.9. The highest BCUT2D eigenvalue weighted by Gasteiger charge is 2.27. The van der Waals surface area contributed by atoms with Gasteiger partial charge in [-0.05, 0) is 36.1 Å². The molecule has 134 valence electrons. The zero-order chi connectivity index (χ0) is 17.8. The van der Waals surface area contributed by atoms with E-state index in [1.165, 1.54) is 4.88 Å². The number of carbonyl (C=O) groups excluding carboxylic acids is 1. The SMILES string of the molecule is Cc1ccc(N)cc1C(=O)N(C)CC(c1cccs1)N1CCOCC1. The highest BCUT2D eigenvalue weighted by atomic mass is 32.1. The summed E-state index contributed by atoms with van der Waals surface area (Å²) in [6.45, 7) is 5.86. The first-order valence-corrected chi connectivity index (χ1v) is 9.41. The van der Waals surface area contributed by atoms with Crippen molar-refractivity contribution in [2.75, 3.05) is 45.6 Å². The number of ether oxygens (including phenoxy) is 1.